The van der Waals surface area contributed by atoms with Gasteiger partial charge in [-0.1, -0.05) is 24.3 Å². The average Bonchev–Trinajstić information content (AvgIpc) is 3.52. The largest absolute Gasteiger partial charge is 0.481 e. The fourth-order valence-electron chi connectivity index (χ4n) is 7.16. The summed E-state index contributed by atoms with van der Waals surface area (Å²) >= 11 is 0. The molecule has 0 spiro atoms. The van der Waals surface area contributed by atoms with Crippen molar-refractivity contribution >= 4 is 21.7 Å². The number of sulfone groups is 1. The van der Waals surface area contributed by atoms with Gasteiger partial charge in [0.05, 0.1) is 17.4 Å². The van der Waals surface area contributed by atoms with Gasteiger partial charge in [-0.3, -0.25) is 9.59 Å². The minimum absolute atomic E-state index is 0.108. The van der Waals surface area contributed by atoms with Crippen molar-refractivity contribution in [3.05, 3.63) is 65.5 Å². The molecule has 49 heavy (non-hydrogen) atoms. The van der Waals surface area contributed by atoms with E-state index in [-0.39, 0.29) is 75.2 Å². The number of hydrogen-bond acceptors (Lipinski definition) is 6. The maximum atomic E-state index is 14.5. The van der Waals surface area contributed by atoms with Gasteiger partial charge in [-0.15, -0.1) is 0 Å². The van der Waals surface area contributed by atoms with Crippen molar-refractivity contribution in [2.75, 3.05) is 32.9 Å². The first-order valence-electron chi connectivity index (χ1n) is 15.9. The summed E-state index contributed by atoms with van der Waals surface area (Å²) in [4.78, 5) is 25.9. The lowest BCUT2D eigenvalue weighted by Gasteiger charge is -2.39. The van der Waals surface area contributed by atoms with Crippen LogP contribution in [-0.2, 0) is 39.2 Å². The fourth-order valence-corrected chi connectivity index (χ4v) is 9.24. The third kappa shape index (κ3) is 6.92. The molecule has 2 aromatic rings. The Morgan fingerprint density at radius 3 is 1.94 bits per heavy atom. The van der Waals surface area contributed by atoms with Gasteiger partial charge in [0.2, 0.25) is 5.91 Å². The first kappa shape index (κ1) is 37.0. The molecule has 5 rings (SSSR count). The molecule has 0 radical (unpaired) electrons. The highest BCUT2D eigenvalue weighted by atomic mass is 32.2. The summed E-state index contributed by atoms with van der Waals surface area (Å²) in [6, 6.07) is 6.68. The number of carboxylic acid groups (broad SMARTS) is 1. The molecule has 0 bridgehead atoms. The van der Waals surface area contributed by atoms with E-state index < -0.39 is 86.7 Å². The molecule has 16 heteroatoms. The molecule has 2 saturated heterocycles. The number of alkyl halides is 6. The van der Waals surface area contributed by atoms with Gasteiger partial charge in [0.15, 0.2) is 9.84 Å². The minimum atomic E-state index is -5.95. The van der Waals surface area contributed by atoms with E-state index in [1.54, 1.807) is 0 Å². The van der Waals surface area contributed by atoms with Crippen LogP contribution in [0.25, 0.3) is 0 Å². The van der Waals surface area contributed by atoms with Crippen LogP contribution in [0, 0.1) is 23.6 Å². The zero-order valence-corrected chi connectivity index (χ0v) is 27.1. The fraction of sp³-hybridized carbons (Fsp3) is 0.576. The van der Waals surface area contributed by atoms with Gasteiger partial charge < -0.3 is 19.5 Å². The molecule has 2 aliphatic heterocycles. The Kier molecular flexibility index (Phi) is 10.4. The number of aliphatic carboxylic acids is 1. The number of carbonyl (C=O) groups excluding carboxylic acids is 1. The van der Waals surface area contributed by atoms with Crippen molar-refractivity contribution in [2.45, 2.75) is 72.5 Å². The van der Waals surface area contributed by atoms with Crippen LogP contribution in [0.1, 0.15) is 56.1 Å². The number of benzene rings is 2. The minimum Gasteiger partial charge on any atom is -0.481 e. The van der Waals surface area contributed by atoms with E-state index in [0.717, 1.165) is 36.4 Å². The quantitative estimate of drug-likeness (QED) is 0.236. The molecular formula is C33H36F7NO7S. The monoisotopic (exact) mass is 723 g/mol. The standard InChI is InChI=1S/C33H36F7NO7S/c34-26-9-11-27(12-10-26)49(45,46)30(15-16-41(20-30)28(42)22-1-3-23(4-2-22)29(43)44)24-5-7-25(8-6-24)31(32(35,36)37,33(38,39)40)48-19-21-13-17-47-18-14-21/h5-12,21-23H,1-4,13-20H2,(H,43,44). The van der Waals surface area contributed by atoms with Crippen LogP contribution in [0.4, 0.5) is 30.7 Å². The second-order valence-corrected chi connectivity index (χ2v) is 15.2. The normalized spacial score (nSPS) is 24.6. The smallest absolute Gasteiger partial charge is 0.430 e. The Hall–Kier alpha value is -3.24. The summed E-state index contributed by atoms with van der Waals surface area (Å²) in [5.41, 5.74) is -6.17. The predicted octanol–water partition coefficient (Wildman–Crippen LogP) is 6.38. The molecule has 1 N–H and O–H groups in total. The number of ether oxygens (including phenoxy) is 2. The zero-order chi connectivity index (χ0) is 35.8. The third-order valence-electron chi connectivity index (χ3n) is 10.1. The highest BCUT2D eigenvalue weighted by molar-refractivity contribution is 7.92. The van der Waals surface area contributed by atoms with Gasteiger partial charge in [0.1, 0.15) is 10.6 Å². The second-order valence-electron chi connectivity index (χ2n) is 13.0. The Labute approximate surface area is 278 Å². The highest BCUT2D eigenvalue weighted by Crippen LogP contribution is 2.54. The lowest BCUT2D eigenvalue weighted by atomic mass is 9.81. The lowest BCUT2D eigenvalue weighted by Crippen LogP contribution is -2.56. The average molecular weight is 724 g/mol. The van der Waals surface area contributed by atoms with Crippen LogP contribution in [-0.4, -0.2) is 75.6 Å². The molecule has 1 atom stereocenters. The van der Waals surface area contributed by atoms with Gasteiger partial charge >= 0.3 is 18.3 Å². The number of likely N-dealkylation sites (tertiary alicyclic amines) is 1. The molecule has 2 heterocycles. The molecule has 270 valence electrons. The van der Waals surface area contributed by atoms with Crippen LogP contribution in [0.2, 0.25) is 0 Å². The van der Waals surface area contributed by atoms with Gasteiger partial charge in [0, 0.05) is 37.8 Å². The molecule has 2 aromatic carbocycles. The number of carbonyl (C=O) groups is 2. The third-order valence-corrected chi connectivity index (χ3v) is 12.6. The summed E-state index contributed by atoms with van der Waals surface area (Å²) in [5, 5.41) is 9.31. The molecule has 0 aromatic heterocycles. The SMILES string of the molecule is O=C(O)C1CCC(C(=O)N2CCC(c3ccc(C(OCC4CCOCC4)(C(F)(F)F)C(F)(F)F)cc3)(S(=O)(=O)c3ccc(F)cc3)C2)CC1. The van der Waals surface area contributed by atoms with Crippen LogP contribution >= 0.6 is 0 Å². The molecule has 8 nitrogen and oxygen atoms in total. The lowest BCUT2D eigenvalue weighted by molar-refractivity contribution is -0.391. The van der Waals surface area contributed by atoms with Crippen LogP contribution in [0.15, 0.2) is 53.4 Å². The summed E-state index contributed by atoms with van der Waals surface area (Å²) in [6.07, 6.45) is -10.7. The van der Waals surface area contributed by atoms with E-state index in [2.05, 4.69) is 0 Å². The molecule has 1 amide bonds. The van der Waals surface area contributed by atoms with E-state index in [1.807, 2.05) is 0 Å². The molecule has 3 fully saturated rings. The van der Waals surface area contributed by atoms with Crippen LogP contribution in [0.5, 0.6) is 0 Å². The van der Waals surface area contributed by atoms with Crippen molar-refractivity contribution in [1.29, 1.82) is 0 Å². The molecular weight excluding hydrogens is 687 g/mol. The van der Waals surface area contributed by atoms with Gasteiger partial charge in [-0.05, 0) is 80.7 Å². The van der Waals surface area contributed by atoms with E-state index in [0.29, 0.717) is 12.1 Å². The number of rotatable bonds is 9. The number of amides is 1. The van der Waals surface area contributed by atoms with Crippen molar-refractivity contribution in [2.24, 2.45) is 17.8 Å². The Morgan fingerprint density at radius 1 is 0.857 bits per heavy atom. The summed E-state index contributed by atoms with van der Waals surface area (Å²) in [6.45, 7) is -1.10. The molecule has 1 aliphatic carbocycles. The maximum absolute atomic E-state index is 14.5. The second kappa shape index (κ2) is 13.8. The highest BCUT2D eigenvalue weighted by Gasteiger charge is 2.73. The molecule has 3 aliphatic rings. The topological polar surface area (TPSA) is 110 Å². The Balaban J connectivity index is 1.53. The number of hydrogen-bond donors (Lipinski definition) is 1. The molecule has 1 unspecified atom stereocenters. The Morgan fingerprint density at radius 2 is 1.41 bits per heavy atom. The predicted molar refractivity (Wildman–Crippen MR) is 159 cm³/mol. The summed E-state index contributed by atoms with van der Waals surface area (Å²) in [5.74, 6) is -3.95. The van der Waals surface area contributed by atoms with Crippen molar-refractivity contribution < 1.29 is 63.3 Å². The van der Waals surface area contributed by atoms with Crippen molar-refractivity contribution in [3.8, 4) is 0 Å². The summed E-state index contributed by atoms with van der Waals surface area (Å²) < 4.78 is 138. The van der Waals surface area contributed by atoms with Crippen LogP contribution < -0.4 is 0 Å². The van der Waals surface area contributed by atoms with Gasteiger partial charge in [0.25, 0.3) is 5.60 Å². The van der Waals surface area contributed by atoms with E-state index in [9.17, 15) is 53.8 Å². The molecule has 1 saturated carbocycles. The zero-order valence-electron chi connectivity index (χ0n) is 26.2. The van der Waals surface area contributed by atoms with Crippen molar-refractivity contribution in [3.63, 3.8) is 0 Å². The number of nitrogens with zero attached hydrogens (tertiary/aromatic N) is 1. The Bertz CT molecular complexity index is 1590. The van der Waals surface area contributed by atoms with E-state index in [4.69, 9.17) is 9.47 Å². The first-order chi connectivity index (χ1) is 22.9. The maximum Gasteiger partial charge on any atom is 0.430 e. The van der Waals surface area contributed by atoms with Crippen LogP contribution in [0.3, 0.4) is 0 Å². The summed E-state index contributed by atoms with van der Waals surface area (Å²) in [7, 11) is -4.54. The van der Waals surface area contributed by atoms with E-state index >= 15 is 0 Å². The van der Waals surface area contributed by atoms with E-state index in [1.165, 1.54) is 4.90 Å². The van der Waals surface area contributed by atoms with Crippen molar-refractivity contribution in [1.82, 2.24) is 4.90 Å². The first-order valence-corrected chi connectivity index (χ1v) is 17.4. The number of halogens is 7. The number of carboxylic acids is 1. The van der Waals surface area contributed by atoms with Gasteiger partial charge in [-0.25, -0.2) is 12.8 Å². The van der Waals surface area contributed by atoms with Gasteiger partial charge in [-0.2, -0.15) is 26.3 Å².